The van der Waals surface area contributed by atoms with Crippen LogP contribution in [0.4, 0.5) is 0 Å². The standard InChI is InChI=1S/C13H16N2O3S/c1-2-14-11(17)9-15-13(18)12-10(6-8-19-12)5-3-4-7-16/h6,8,16H,2,4,7,9H2,1H3,(H,14,17)(H,15,18). The Balaban J connectivity index is 2.61. The number of thiophene rings is 1. The Hall–Kier alpha value is -1.84. The van der Waals surface area contributed by atoms with Crippen LogP contribution in [0.1, 0.15) is 28.6 Å². The molecule has 0 aliphatic heterocycles. The molecule has 3 N–H and O–H groups in total. The molecule has 5 nitrogen and oxygen atoms in total. The number of hydrogen-bond acceptors (Lipinski definition) is 4. The number of hydrogen-bond donors (Lipinski definition) is 3. The summed E-state index contributed by atoms with van der Waals surface area (Å²) in [6, 6.07) is 1.75. The molecule has 2 amide bonds. The number of carbonyl (C=O) groups excluding carboxylic acids is 2. The van der Waals surface area contributed by atoms with Crippen LogP contribution in [-0.4, -0.2) is 36.6 Å². The number of amides is 2. The lowest BCUT2D eigenvalue weighted by Gasteiger charge is -2.04. The number of aliphatic hydroxyl groups excluding tert-OH is 1. The van der Waals surface area contributed by atoms with Gasteiger partial charge in [-0.1, -0.05) is 11.8 Å². The van der Waals surface area contributed by atoms with Gasteiger partial charge in [0.25, 0.3) is 5.91 Å². The van der Waals surface area contributed by atoms with Crippen LogP contribution in [0, 0.1) is 11.8 Å². The maximum atomic E-state index is 11.9. The van der Waals surface area contributed by atoms with Crippen molar-refractivity contribution in [2.75, 3.05) is 19.7 Å². The predicted octanol–water partition coefficient (Wildman–Crippen LogP) is 0.348. The minimum absolute atomic E-state index is 0.00411. The fraction of sp³-hybridized carbons (Fsp3) is 0.385. The lowest BCUT2D eigenvalue weighted by Crippen LogP contribution is -2.36. The second kappa shape index (κ2) is 8.29. The van der Waals surface area contributed by atoms with Crippen molar-refractivity contribution >= 4 is 23.2 Å². The Kier molecular flexibility index (Phi) is 6.64. The molecule has 0 aliphatic rings. The minimum Gasteiger partial charge on any atom is -0.395 e. The molecule has 0 bridgehead atoms. The van der Waals surface area contributed by atoms with Gasteiger partial charge in [-0.3, -0.25) is 9.59 Å². The van der Waals surface area contributed by atoms with Crippen LogP contribution in [0.25, 0.3) is 0 Å². The maximum absolute atomic E-state index is 11.9. The highest BCUT2D eigenvalue weighted by molar-refractivity contribution is 7.12. The SMILES string of the molecule is CCNC(=O)CNC(=O)c1sccc1C#CCCO. The average molecular weight is 280 g/mol. The van der Waals surface area contributed by atoms with Crippen molar-refractivity contribution in [3.8, 4) is 11.8 Å². The van der Waals surface area contributed by atoms with E-state index in [4.69, 9.17) is 5.11 Å². The highest BCUT2D eigenvalue weighted by Gasteiger charge is 2.12. The van der Waals surface area contributed by atoms with E-state index in [1.807, 2.05) is 6.92 Å². The fourth-order valence-electron chi connectivity index (χ4n) is 1.30. The summed E-state index contributed by atoms with van der Waals surface area (Å²) in [4.78, 5) is 23.6. The Bertz CT molecular complexity index is 499. The number of aliphatic hydroxyl groups is 1. The zero-order valence-electron chi connectivity index (χ0n) is 10.7. The van der Waals surface area contributed by atoms with Crippen molar-refractivity contribution in [1.82, 2.24) is 10.6 Å². The topological polar surface area (TPSA) is 78.4 Å². The zero-order chi connectivity index (χ0) is 14.1. The van der Waals surface area contributed by atoms with E-state index in [9.17, 15) is 9.59 Å². The Morgan fingerprint density at radius 1 is 1.42 bits per heavy atom. The number of likely N-dealkylation sites (N-methyl/N-ethyl adjacent to an activating group) is 1. The smallest absolute Gasteiger partial charge is 0.263 e. The summed E-state index contributed by atoms with van der Waals surface area (Å²) in [5.74, 6) is 5.06. The molecule has 0 saturated carbocycles. The molecular weight excluding hydrogens is 264 g/mol. The number of nitrogens with one attached hydrogen (secondary N) is 2. The summed E-state index contributed by atoms with van der Waals surface area (Å²) in [5.41, 5.74) is 0.617. The lowest BCUT2D eigenvalue weighted by molar-refractivity contribution is -0.120. The molecular formula is C13H16N2O3S. The van der Waals surface area contributed by atoms with E-state index in [-0.39, 0.29) is 25.0 Å². The third kappa shape index (κ3) is 5.12. The Morgan fingerprint density at radius 2 is 2.21 bits per heavy atom. The second-order valence-corrected chi connectivity index (χ2v) is 4.49. The highest BCUT2D eigenvalue weighted by atomic mass is 32.1. The zero-order valence-corrected chi connectivity index (χ0v) is 11.5. The van der Waals surface area contributed by atoms with Crippen LogP contribution < -0.4 is 10.6 Å². The third-order valence-electron chi connectivity index (χ3n) is 2.11. The molecule has 6 heteroatoms. The molecule has 0 atom stereocenters. The van der Waals surface area contributed by atoms with Gasteiger partial charge < -0.3 is 15.7 Å². The first-order valence-corrected chi connectivity index (χ1v) is 6.79. The monoisotopic (exact) mass is 280 g/mol. The van der Waals surface area contributed by atoms with Crippen molar-refractivity contribution in [2.45, 2.75) is 13.3 Å². The van der Waals surface area contributed by atoms with Gasteiger partial charge in [-0.2, -0.15) is 0 Å². The number of rotatable bonds is 5. The summed E-state index contributed by atoms with van der Waals surface area (Å²) in [6.45, 7) is 2.30. The van der Waals surface area contributed by atoms with E-state index in [2.05, 4.69) is 22.5 Å². The lowest BCUT2D eigenvalue weighted by atomic mass is 10.2. The maximum Gasteiger partial charge on any atom is 0.263 e. The van der Waals surface area contributed by atoms with Crippen molar-refractivity contribution in [2.24, 2.45) is 0 Å². The van der Waals surface area contributed by atoms with Crippen LogP contribution in [0.3, 0.4) is 0 Å². The molecule has 1 rings (SSSR count). The van der Waals surface area contributed by atoms with E-state index in [0.29, 0.717) is 23.4 Å². The molecule has 102 valence electrons. The molecule has 0 aliphatic carbocycles. The molecule has 0 radical (unpaired) electrons. The highest BCUT2D eigenvalue weighted by Crippen LogP contribution is 2.15. The molecule has 19 heavy (non-hydrogen) atoms. The van der Waals surface area contributed by atoms with Crippen LogP contribution >= 0.6 is 11.3 Å². The Labute approximate surface area is 116 Å². The Morgan fingerprint density at radius 3 is 2.89 bits per heavy atom. The van der Waals surface area contributed by atoms with Gasteiger partial charge in [0.2, 0.25) is 5.91 Å². The summed E-state index contributed by atoms with van der Waals surface area (Å²) >= 11 is 1.27. The summed E-state index contributed by atoms with van der Waals surface area (Å²) < 4.78 is 0. The molecule has 1 aromatic heterocycles. The largest absolute Gasteiger partial charge is 0.395 e. The van der Waals surface area contributed by atoms with Gasteiger partial charge in [0.1, 0.15) is 4.88 Å². The van der Waals surface area contributed by atoms with Gasteiger partial charge in [0.05, 0.1) is 13.2 Å². The van der Waals surface area contributed by atoms with Crippen molar-refractivity contribution in [1.29, 1.82) is 0 Å². The summed E-state index contributed by atoms with van der Waals surface area (Å²) in [5, 5.41) is 15.6. The molecule has 0 aromatic carbocycles. The van der Waals surface area contributed by atoms with Gasteiger partial charge in [0, 0.05) is 18.5 Å². The first kappa shape index (κ1) is 15.2. The first-order chi connectivity index (χ1) is 9.19. The quantitative estimate of drug-likeness (QED) is 0.681. The summed E-state index contributed by atoms with van der Waals surface area (Å²) in [6.07, 6.45) is 0.371. The van der Waals surface area contributed by atoms with E-state index in [1.165, 1.54) is 11.3 Å². The molecule has 1 aromatic rings. The van der Waals surface area contributed by atoms with Gasteiger partial charge in [-0.25, -0.2) is 0 Å². The van der Waals surface area contributed by atoms with Gasteiger partial charge in [0.15, 0.2) is 0 Å². The van der Waals surface area contributed by atoms with Crippen LogP contribution in [-0.2, 0) is 4.79 Å². The van der Waals surface area contributed by atoms with Crippen molar-refractivity contribution < 1.29 is 14.7 Å². The molecule has 0 unspecified atom stereocenters. The van der Waals surface area contributed by atoms with E-state index in [1.54, 1.807) is 11.4 Å². The van der Waals surface area contributed by atoms with Crippen LogP contribution in [0.15, 0.2) is 11.4 Å². The minimum atomic E-state index is -0.311. The molecule has 0 saturated heterocycles. The molecule has 1 heterocycles. The summed E-state index contributed by atoms with van der Waals surface area (Å²) in [7, 11) is 0. The van der Waals surface area contributed by atoms with E-state index in [0.717, 1.165) is 0 Å². The van der Waals surface area contributed by atoms with E-state index < -0.39 is 0 Å². The predicted molar refractivity (Wildman–Crippen MR) is 73.9 cm³/mol. The normalized spacial score (nSPS) is 9.37. The van der Waals surface area contributed by atoms with Gasteiger partial charge >= 0.3 is 0 Å². The third-order valence-corrected chi connectivity index (χ3v) is 3.03. The van der Waals surface area contributed by atoms with E-state index >= 15 is 0 Å². The first-order valence-electron chi connectivity index (χ1n) is 5.91. The average Bonchev–Trinajstić information content (AvgIpc) is 2.85. The molecule has 0 fully saturated rings. The fourth-order valence-corrected chi connectivity index (χ4v) is 2.06. The van der Waals surface area contributed by atoms with Crippen molar-refractivity contribution in [3.05, 3.63) is 21.9 Å². The van der Waals surface area contributed by atoms with Crippen LogP contribution in [0.2, 0.25) is 0 Å². The van der Waals surface area contributed by atoms with Crippen molar-refractivity contribution in [3.63, 3.8) is 0 Å². The second-order valence-electron chi connectivity index (χ2n) is 3.57. The van der Waals surface area contributed by atoms with Crippen LogP contribution in [0.5, 0.6) is 0 Å². The van der Waals surface area contributed by atoms with Gasteiger partial charge in [-0.05, 0) is 18.4 Å². The number of carbonyl (C=O) groups is 2. The molecule has 0 spiro atoms. The van der Waals surface area contributed by atoms with Gasteiger partial charge in [-0.15, -0.1) is 11.3 Å².